The predicted molar refractivity (Wildman–Crippen MR) is 65.5 cm³/mol. The van der Waals surface area contributed by atoms with Crippen molar-refractivity contribution < 1.29 is 4.39 Å². The van der Waals surface area contributed by atoms with E-state index >= 15 is 0 Å². The summed E-state index contributed by atoms with van der Waals surface area (Å²) in [5.74, 6) is -0.437. The Morgan fingerprint density at radius 2 is 1.88 bits per heavy atom. The lowest BCUT2D eigenvalue weighted by Gasteiger charge is -2.09. The molecule has 0 saturated carbocycles. The first-order valence-electron chi connectivity index (χ1n) is 4.73. The van der Waals surface area contributed by atoms with Crippen molar-refractivity contribution in [1.82, 2.24) is 0 Å². The highest BCUT2D eigenvalue weighted by atomic mass is 35.5. The molecule has 2 rings (SSSR count). The zero-order valence-corrected chi connectivity index (χ0v) is 9.13. The molecule has 0 spiro atoms. The quantitative estimate of drug-likeness (QED) is 0.779. The summed E-state index contributed by atoms with van der Waals surface area (Å²) in [6.07, 6.45) is 0. The van der Waals surface area contributed by atoms with Gasteiger partial charge in [-0.25, -0.2) is 4.39 Å². The number of hydrogen-bond donors (Lipinski definition) is 2. The lowest BCUT2D eigenvalue weighted by atomic mass is 10.2. The number of anilines is 3. The van der Waals surface area contributed by atoms with Crippen molar-refractivity contribution in [1.29, 1.82) is 0 Å². The molecular weight excluding hydrogens is 227 g/mol. The minimum absolute atomic E-state index is 0.0829. The Balaban J connectivity index is 2.28. The maximum absolute atomic E-state index is 12.9. The third-order valence-electron chi connectivity index (χ3n) is 2.16. The van der Waals surface area contributed by atoms with Gasteiger partial charge in [-0.3, -0.25) is 0 Å². The van der Waals surface area contributed by atoms with Crippen LogP contribution < -0.4 is 11.1 Å². The van der Waals surface area contributed by atoms with Crippen molar-refractivity contribution in [3.8, 4) is 0 Å². The van der Waals surface area contributed by atoms with E-state index < -0.39 is 5.82 Å². The predicted octanol–water partition coefficient (Wildman–Crippen LogP) is 3.80. The van der Waals surface area contributed by atoms with E-state index in [0.717, 1.165) is 5.69 Å². The van der Waals surface area contributed by atoms with Crippen LogP contribution in [0.1, 0.15) is 0 Å². The van der Waals surface area contributed by atoms with Crippen LogP contribution in [-0.4, -0.2) is 0 Å². The molecule has 0 aromatic heterocycles. The summed E-state index contributed by atoms with van der Waals surface area (Å²) in [6.45, 7) is 0. The van der Waals surface area contributed by atoms with Gasteiger partial charge in [0.1, 0.15) is 5.82 Å². The smallest absolute Gasteiger partial charge is 0.141 e. The Morgan fingerprint density at radius 3 is 2.56 bits per heavy atom. The van der Waals surface area contributed by atoms with E-state index in [-0.39, 0.29) is 5.02 Å². The second-order valence-electron chi connectivity index (χ2n) is 3.34. The summed E-state index contributed by atoms with van der Waals surface area (Å²) in [4.78, 5) is 0. The number of nitrogens with one attached hydrogen (secondary N) is 1. The van der Waals surface area contributed by atoms with Crippen molar-refractivity contribution in [3.63, 3.8) is 0 Å². The molecule has 16 heavy (non-hydrogen) atoms. The molecule has 0 aliphatic rings. The molecular formula is C12H10ClFN2. The summed E-state index contributed by atoms with van der Waals surface area (Å²) in [5.41, 5.74) is 7.86. The first-order valence-corrected chi connectivity index (χ1v) is 5.11. The molecule has 0 amide bonds. The number of para-hydroxylation sites is 2. The average Bonchev–Trinajstić information content (AvgIpc) is 2.27. The molecule has 3 N–H and O–H groups in total. The Bertz CT molecular complexity index is 514. The summed E-state index contributed by atoms with van der Waals surface area (Å²) >= 11 is 5.67. The van der Waals surface area contributed by atoms with Gasteiger partial charge >= 0.3 is 0 Å². The molecule has 0 fully saturated rings. The molecule has 0 radical (unpaired) electrons. The minimum Gasteiger partial charge on any atom is -0.397 e. The molecule has 2 aromatic rings. The zero-order valence-electron chi connectivity index (χ0n) is 8.37. The van der Waals surface area contributed by atoms with Gasteiger partial charge in [-0.1, -0.05) is 23.7 Å². The average molecular weight is 237 g/mol. The van der Waals surface area contributed by atoms with Gasteiger partial charge in [0.15, 0.2) is 0 Å². The monoisotopic (exact) mass is 236 g/mol. The van der Waals surface area contributed by atoms with Crippen LogP contribution in [0.4, 0.5) is 21.5 Å². The molecule has 0 aliphatic heterocycles. The maximum atomic E-state index is 12.9. The first kappa shape index (κ1) is 10.8. The number of benzene rings is 2. The Hall–Kier alpha value is -1.74. The van der Waals surface area contributed by atoms with Gasteiger partial charge in [0.25, 0.3) is 0 Å². The Morgan fingerprint density at radius 1 is 1.12 bits per heavy atom. The molecule has 0 saturated heterocycles. The summed E-state index contributed by atoms with van der Waals surface area (Å²) < 4.78 is 12.9. The van der Waals surface area contributed by atoms with Gasteiger partial charge in [-0.05, 0) is 30.3 Å². The van der Waals surface area contributed by atoms with Gasteiger partial charge in [0, 0.05) is 5.69 Å². The summed E-state index contributed by atoms with van der Waals surface area (Å²) in [6, 6.07) is 11.8. The van der Waals surface area contributed by atoms with Crippen molar-refractivity contribution in [2.75, 3.05) is 11.1 Å². The fourth-order valence-electron chi connectivity index (χ4n) is 1.34. The third kappa shape index (κ3) is 2.25. The standard InChI is InChI=1S/C12H10ClFN2/c13-9-7-8(5-6-10(9)14)16-12-4-2-1-3-11(12)15/h1-7,16H,15H2. The van der Waals surface area contributed by atoms with Crippen molar-refractivity contribution >= 4 is 28.7 Å². The van der Waals surface area contributed by atoms with Crippen LogP contribution in [0.3, 0.4) is 0 Å². The van der Waals surface area contributed by atoms with Crippen molar-refractivity contribution in [2.24, 2.45) is 0 Å². The van der Waals surface area contributed by atoms with Gasteiger partial charge in [-0.15, -0.1) is 0 Å². The van der Waals surface area contributed by atoms with Gasteiger partial charge < -0.3 is 11.1 Å². The molecule has 82 valence electrons. The van der Waals surface area contributed by atoms with Crippen molar-refractivity contribution in [2.45, 2.75) is 0 Å². The molecule has 0 bridgehead atoms. The lowest BCUT2D eigenvalue weighted by molar-refractivity contribution is 0.628. The van der Waals surface area contributed by atoms with Gasteiger partial charge in [0.2, 0.25) is 0 Å². The Labute approximate surface area is 97.8 Å². The molecule has 2 nitrogen and oxygen atoms in total. The molecule has 0 atom stereocenters. The SMILES string of the molecule is Nc1ccccc1Nc1ccc(F)c(Cl)c1. The second kappa shape index (κ2) is 4.41. The first-order chi connectivity index (χ1) is 7.66. The van der Waals surface area contributed by atoms with E-state index in [1.54, 1.807) is 12.1 Å². The van der Waals surface area contributed by atoms with Crippen LogP contribution in [0.25, 0.3) is 0 Å². The number of nitrogen functional groups attached to an aromatic ring is 1. The maximum Gasteiger partial charge on any atom is 0.141 e. The number of hydrogen-bond acceptors (Lipinski definition) is 2. The van der Waals surface area contributed by atoms with E-state index in [0.29, 0.717) is 11.4 Å². The van der Waals surface area contributed by atoms with Crippen LogP contribution in [0.2, 0.25) is 5.02 Å². The van der Waals surface area contributed by atoms with Crippen LogP contribution in [0.5, 0.6) is 0 Å². The third-order valence-corrected chi connectivity index (χ3v) is 2.45. The lowest BCUT2D eigenvalue weighted by Crippen LogP contribution is -1.95. The number of nitrogens with two attached hydrogens (primary N) is 1. The molecule has 0 heterocycles. The molecule has 4 heteroatoms. The minimum atomic E-state index is -0.437. The van der Waals surface area contributed by atoms with Gasteiger partial charge in [-0.2, -0.15) is 0 Å². The van der Waals surface area contributed by atoms with Crippen LogP contribution in [0, 0.1) is 5.82 Å². The van der Waals surface area contributed by atoms with Crippen molar-refractivity contribution in [3.05, 3.63) is 53.3 Å². The van der Waals surface area contributed by atoms with Gasteiger partial charge in [0.05, 0.1) is 16.4 Å². The number of rotatable bonds is 2. The van der Waals surface area contributed by atoms with E-state index in [2.05, 4.69) is 5.32 Å². The largest absolute Gasteiger partial charge is 0.397 e. The highest BCUT2D eigenvalue weighted by molar-refractivity contribution is 6.31. The second-order valence-corrected chi connectivity index (χ2v) is 3.75. The van der Waals surface area contributed by atoms with E-state index in [1.807, 2.05) is 18.2 Å². The number of halogens is 2. The fraction of sp³-hybridized carbons (Fsp3) is 0. The molecule has 0 unspecified atom stereocenters. The normalized spacial score (nSPS) is 10.1. The van der Waals surface area contributed by atoms with E-state index in [1.165, 1.54) is 12.1 Å². The summed E-state index contributed by atoms with van der Waals surface area (Å²) in [7, 11) is 0. The topological polar surface area (TPSA) is 38.0 Å². The van der Waals surface area contributed by atoms with Crippen LogP contribution in [0.15, 0.2) is 42.5 Å². The zero-order chi connectivity index (χ0) is 11.5. The highest BCUT2D eigenvalue weighted by Gasteiger charge is 2.02. The summed E-state index contributed by atoms with van der Waals surface area (Å²) in [5, 5.41) is 3.15. The highest BCUT2D eigenvalue weighted by Crippen LogP contribution is 2.25. The van der Waals surface area contributed by atoms with E-state index in [4.69, 9.17) is 17.3 Å². The van der Waals surface area contributed by atoms with Crippen LogP contribution in [-0.2, 0) is 0 Å². The molecule has 0 aliphatic carbocycles. The van der Waals surface area contributed by atoms with Crippen LogP contribution >= 0.6 is 11.6 Å². The molecule has 2 aromatic carbocycles. The van der Waals surface area contributed by atoms with E-state index in [9.17, 15) is 4.39 Å². The fourth-order valence-corrected chi connectivity index (χ4v) is 1.52. The Kier molecular flexibility index (Phi) is 2.97.